The molecule has 0 amide bonds. The SMILES string of the molecule is CCC1(CC)CCN(Cc2cc(C(=N)N)ccc2OC)C1. The van der Waals surface area contributed by atoms with E-state index >= 15 is 0 Å². The maximum absolute atomic E-state index is 7.59. The van der Waals surface area contributed by atoms with Crippen molar-refractivity contribution in [3.05, 3.63) is 29.3 Å². The van der Waals surface area contributed by atoms with Gasteiger partial charge in [0.2, 0.25) is 0 Å². The number of hydrogen-bond donors (Lipinski definition) is 2. The number of methoxy groups -OCH3 is 1. The van der Waals surface area contributed by atoms with E-state index in [1.54, 1.807) is 7.11 Å². The van der Waals surface area contributed by atoms with Gasteiger partial charge in [-0.3, -0.25) is 10.3 Å². The van der Waals surface area contributed by atoms with Crippen LogP contribution in [0.1, 0.15) is 44.2 Å². The number of likely N-dealkylation sites (tertiary alicyclic amines) is 1. The molecule has 1 saturated heterocycles. The first kappa shape index (κ1) is 15.8. The van der Waals surface area contributed by atoms with Crippen molar-refractivity contribution in [3.8, 4) is 5.75 Å². The summed E-state index contributed by atoms with van der Waals surface area (Å²) in [6.07, 6.45) is 3.75. The van der Waals surface area contributed by atoms with Crippen molar-refractivity contribution in [2.24, 2.45) is 11.1 Å². The molecule has 3 N–H and O–H groups in total. The molecule has 0 bridgehead atoms. The van der Waals surface area contributed by atoms with Crippen molar-refractivity contribution in [2.45, 2.75) is 39.7 Å². The predicted molar refractivity (Wildman–Crippen MR) is 86.9 cm³/mol. The number of nitrogen functional groups attached to an aromatic ring is 1. The van der Waals surface area contributed by atoms with Gasteiger partial charge in [0.15, 0.2) is 0 Å². The van der Waals surface area contributed by atoms with E-state index in [1.165, 1.54) is 19.3 Å². The van der Waals surface area contributed by atoms with Gasteiger partial charge < -0.3 is 10.5 Å². The molecule has 0 spiro atoms. The summed E-state index contributed by atoms with van der Waals surface area (Å²) in [4.78, 5) is 2.49. The Balaban J connectivity index is 2.16. The zero-order chi connectivity index (χ0) is 15.5. The summed E-state index contributed by atoms with van der Waals surface area (Å²) in [5.74, 6) is 0.988. The molecular formula is C17H27N3O. The summed E-state index contributed by atoms with van der Waals surface area (Å²) >= 11 is 0. The molecule has 1 fully saturated rings. The van der Waals surface area contributed by atoms with Crippen LogP contribution in [0.25, 0.3) is 0 Å². The highest BCUT2D eigenvalue weighted by Crippen LogP contribution is 2.38. The number of rotatable bonds is 6. The topological polar surface area (TPSA) is 62.3 Å². The van der Waals surface area contributed by atoms with Crippen molar-refractivity contribution in [1.29, 1.82) is 5.41 Å². The Kier molecular flexibility index (Phi) is 4.88. The number of ether oxygens (including phenoxy) is 1. The minimum absolute atomic E-state index is 0.108. The van der Waals surface area contributed by atoms with Crippen LogP contribution in [0.4, 0.5) is 0 Å². The van der Waals surface area contributed by atoms with Gasteiger partial charge in [-0.25, -0.2) is 0 Å². The predicted octanol–water partition coefficient (Wildman–Crippen LogP) is 2.99. The molecular weight excluding hydrogens is 262 g/mol. The molecule has 116 valence electrons. The van der Waals surface area contributed by atoms with Gasteiger partial charge in [-0.05, 0) is 49.4 Å². The molecule has 2 rings (SSSR count). The summed E-state index contributed by atoms with van der Waals surface area (Å²) in [5.41, 5.74) is 7.96. The Labute approximate surface area is 127 Å². The molecule has 0 aromatic heterocycles. The highest BCUT2D eigenvalue weighted by atomic mass is 16.5. The Morgan fingerprint density at radius 3 is 2.62 bits per heavy atom. The molecule has 1 aromatic rings. The number of nitrogens with zero attached hydrogens (tertiary/aromatic N) is 1. The summed E-state index contributed by atoms with van der Waals surface area (Å²) in [6, 6.07) is 5.74. The summed E-state index contributed by atoms with van der Waals surface area (Å²) in [6.45, 7) is 7.74. The second-order valence-corrected chi connectivity index (χ2v) is 6.11. The monoisotopic (exact) mass is 289 g/mol. The zero-order valence-corrected chi connectivity index (χ0v) is 13.4. The third-order valence-corrected chi connectivity index (χ3v) is 5.00. The first-order valence-electron chi connectivity index (χ1n) is 7.77. The average Bonchev–Trinajstić information content (AvgIpc) is 2.91. The summed E-state index contributed by atoms with van der Waals surface area (Å²) in [5, 5.41) is 7.59. The quantitative estimate of drug-likeness (QED) is 0.625. The summed E-state index contributed by atoms with van der Waals surface area (Å²) in [7, 11) is 1.69. The maximum Gasteiger partial charge on any atom is 0.123 e. The smallest absolute Gasteiger partial charge is 0.123 e. The highest BCUT2D eigenvalue weighted by Gasteiger charge is 2.34. The van der Waals surface area contributed by atoms with Crippen molar-refractivity contribution in [2.75, 3.05) is 20.2 Å². The minimum Gasteiger partial charge on any atom is -0.496 e. The maximum atomic E-state index is 7.59. The number of nitrogens with two attached hydrogens (primary N) is 1. The number of hydrogen-bond acceptors (Lipinski definition) is 3. The van der Waals surface area contributed by atoms with E-state index in [0.29, 0.717) is 5.41 Å². The largest absolute Gasteiger partial charge is 0.496 e. The molecule has 0 aliphatic carbocycles. The second-order valence-electron chi connectivity index (χ2n) is 6.11. The van der Waals surface area contributed by atoms with Crippen LogP contribution in [0.2, 0.25) is 0 Å². The van der Waals surface area contributed by atoms with Crippen LogP contribution in [0, 0.1) is 10.8 Å². The Hall–Kier alpha value is -1.55. The van der Waals surface area contributed by atoms with Gasteiger partial charge in [0.1, 0.15) is 11.6 Å². The molecule has 21 heavy (non-hydrogen) atoms. The van der Waals surface area contributed by atoms with Crippen LogP contribution in [-0.2, 0) is 6.54 Å². The van der Waals surface area contributed by atoms with E-state index in [4.69, 9.17) is 15.9 Å². The lowest BCUT2D eigenvalue weighted by atomic mass is 9.82. The van der Waals surface area contributed by atoms with E-state index in [0.717, 1.165) is 36.5 Å². The van der Waals surface area contributed by atoms with Crippen LogP contribution < -0.4 is 10.5 Å². The molecule has 0 unspecified atom stereocenters. The molecule has 0 radical (unpaired) electrons. The third-order valence-electron chi connectivity index (χ3n) is 5.00. The van der Waals surface area contributed by atoms with Crippen molar-refractivity contribution in [1.82, 2.24) is 4.90 Å². The van der Waals surface area contributed by atoms with Crippen LogP contribution in [0.15, 0.2) is 18.2 Å². The molecule has 1 aromatic carbocycles. The summed E-state index contributed by atoms with van der Waals surface area (Å²) < 4.78 is 5.46. The molecule has 4 heteroatoms. The Morgan fingerprint density at radius 1 is 1.38 bits per heavy atom. The first-order chi connectivity index (χ1) is 10.0. The van der Waals surface area contributed by atoms with Gasteiger partial charge >= 0.3 is 0 Å². The fourth-order valence-electron chi connectivity index (χ4n) is 3.30. The average molecular weight is 289 g/mol. The molecule has 4 nitrogen and oxygen atoms in total. The number of amidine groups is 1. The number of nitrogens with one attached hydrogen (secondary N) is 1. The van der Waals surface area contributed by atoms with Crippen molar-refractivity contribution < 1.29 is 4.74 Å². The zero-order valence-electron chi connectivity index (χ0n) is 13.4. The van der Waals surface area contributed by atoms with Crippen LogP contribution in [-0.4, -0.2) is 30.9 Å². The van der Waals surface area contributed by atoms with Crippen molar-refractivity contribution >= 4 is 5.84 Å². The van der Waals surface area contributed by atoms with Gasteiger partial charge in [0.25, 0.3) is 0 Å². The lowest BCUT2D eigenvalue weighted by molar-refractivity contribution is 0.234. The normalized spacial score (nSPS) is 17.9. The van der Waals surface area contributed by atoms with E-state index in [-0.39, 0.29) is 5.84 Å². The fraction of sp³-hybridized carbons (Fsp3) is 0.588. The van der Waals surface area contributed by atoms with Gasteiger partial charge in [0, 0.05) is 24.2 Å². The van der Waals surface area contributed by atoms with Gasteiger partial charge in [-0.2, -0.15) is 0 Å². The van der Waals surface area contributed by atoms with Crippen LogP contribution >= 0.6 is 0 Å². The highest BCUT2D eigenvalue weighted by molar-refractivity contribution is 5.95. The second kappa shape index (κ2) is 6.48. The lowest BCUT2D eigenvalue weighted by Gasteiger charge is -2.26. The minimum atomic E-state index is 0.108. The first-order valence-corrected chi connectivity index (χ1v) is 7.77. The van der Waals surface area contributed by atoms with E-state index in [2.05, 4.69) is 18.7 Å². The van der Waals surface area contributed by atoms with Gasteiger partial charge in [-0.1, -0.05) is 13.8 Å². The number of benzene rings is 1. The molecule has 0 saturated carbocycles. The van der Waals surface area contributed by atoms with Crippen LogP contribution in [0.3, 0.4) is 0 Å². The van der Waals surface area contributed by atoms with E-state index < -0.39 is 0 Å². The van der Waals surface area contributed by atoms with Crippen molar-refractivity contribution in [3.63, 3.8) is 0 Å². The molecule has 1 heterocycles. The molecule has 1 aliphatic heterocycles. The molecule has 1 aliphatic rings. The lowest BCUT2D eigenvalue weighted by Crippen LogP contribution is -2.26. The standard InChI is InChI=1S/C17H27N3O/c1-4-17(5-2)8-9-20(12-17)11-14-10-13(16(18)19)6-7-15(14)21-3/h6-7,10H,4-5,8-9,11-12H2,1-3H3,(H3,18,19). The molecule has 0 atom stereocenters. The van der Waals surface area contributed by atoms with E-state index in [1.807, 2.05) is 18.2 Å². The van der Waals surface area contributed by atoms with Crippen LogP contribution in [0.5, 0.6) is 5.75 Å². The Morgan fingerprint density at radius 2 is 2.10 bits per heavy atom. The Bertz CT molecular complexity index is 509. The van der Waals surface area contributed by atoms with E-state index in [9.17, 15) is 0 Å². The van der Waals surface area contributed by atoms with Gasteiger partial charge in [0.05, 0.1) is 7.11 Å². The fourth-order valence-corrected chi connectivity index (χ4v) is 3.30. The third kappa shape index (κ3) is 3.38. The van der Waals surface area contributed by atoms with Gasteiger partial charge in [-0.15, -0.1) is 0 Å².